The van der Waals surface area contributed by atoms with E-state index in [0.29, 0.717) is 0 Å². The van der Waals surface area contributed by atoms with Crippen molar-refractivity contribution in [2.75, 3.05) is 12.5 Å². The van der Waals surface area contributed by atoms with Crippen molar-refractivity contribution in [3.05, 3.63) is 34.7 Å². The first-order valence-electron chi connectivity index (χ1n) is 5.39. The van der Waals surface area contributed by atoms with E-state index in [-0.39, 0.29) is 4.74 Å². The maximum Gasteiger partial charge on any atom is 0.252 e. The fourth-order valence-corrected chi connectivity index (χ4v) is 12.7. The Balaban J connectivity index is 2.04. The SMILES string of the molecule is CSC1=C(SC)SC(=c2sc(=O)/c(=C3/SC=C(I)S3)s2)S1. The van der Waals surface area contributed by atoms with Crippen LogP contribution in [0.3, 0.4) is 0 Å². The highest BCUT2D eigenvalue weighted by atomic mass is 127. The van der Waals surface area contributed by atoms with Crippen molar-refractivity contribution in [1.82, 2.24) is 0 Å². The summed E-state index contributed by atoms with van der Waals surface area (Å²) in [6.45, 7) is 0. The molecule has 0 N–H and O–H groups in total. The van der Waals surface area contributed by atoms with Crippen molar-refractivity contribution < 1.29 is 0 Å². The van der Waals surface area contributed by atoms with E-state index in [1.807, 2.05) is 23.5 Å². The fourth-order valence-electron chi connectivity index (χ4n) is 1.44. The molecule has 0 aliphatic carbocycles. The zero-order chi connectivity index (χ0) is 15.0. The summed E-state index contributed by atoms with van der Waals surface area (Å²) < 4.78 is 8.59. The van der Waals surface area contributed by atoms with Gasteiger partial charge in [-0.1, -0.05) is 58.4 Å². The van der Waals surface area contributed by atoms with Gasteiger partial charge < -0.3 is 0 Å². The van der Waals surface area contributed by atoms with Gasteiger partial charge in [0.1, 0.15) is 8.38 Å². The normalized spacial score (nSPS) is 21.5. The Hall–Kier alpha value is 1.90. The molecular weight excluding hydrogens is 532 g/mol. The summed E-state index contributed by atoms with van der Waals surface area (Å²) in [4.78, 5) is 12.3. The highest BCUT2D eigenvalue weighted by Gasteiger charge is 2.22. The van der Waals surface area contributed by atoms with E-state index in [1.165, 1.54) is 27.0 Å². The molecule has 21 heavy (non-hydrogen) atoms. The van der Waals surface area contributed by atoms with E-state index >= 15 is 0 Å². The molecule has 0 bridgehead atoms. The molecule has 0 saturated carbocycles. The minimum absolute atomic E-state index is 0.196. The number of thioether (sulfide) groups is 6. The van der Waals surface area contributed by atoms with Crippen molar-refractivity contribution in [3.8, 4) is 0 Å². The van der Waals surface area contributed by atoms with E-state index in [0.717, 1.165) is 12.6 Å². The first-order chi connectivity index (χ1) is 10.1. The minimum Gasteiger partial charge on any atom is -0.276 e. The molecule has 0 unspecified atom stereocenters. The van der Waals surface area contributed by atoms with Gasteiger partial charge in [-0.25, -0.2) is 0 Å². The quantitative estimate of drug-likeness (QED) is 0.467. The number of hydrogen-bond donors (Lipinski definition) is 0. The largest absolute Gasteiger partial charge is 0.276 e. The van der Waals surface area contributed by atoms with E-state index in [4.69, 9.17) is 0 Å². The number of halogens is 1. The molecular formula is C11H7IOS8. The van der Waals surface area contributed by atoms with Crippen molar-refractivity contribution >= 4 is 124 Å². The lowest BCUT2D eigenvalue weighted by Crippen LogP contribution is -2.14. The second-order valence-corrected chi connectivity index (χ2v) is 14.3. The van der Waals surface area contributed by atoms with Gasteiger partial charge in [-0.05, 0) is 40.5 Å². The molecule has 0 atom stereocenters. The van der Waals surface area contributed by atoms with Gasteiger partial charge in [-0.2, -0.15) is 0 Å². The van der Waals surface area contributed by atoms with Gasteiger partial charge >= 0.3 is 0 Å². The molecule has 3 rings (SSSR count). The summed E-state index contributed by atoms with van der Waals surface area (Å²) in [5.74, 6) is 0. The summed E-state index contributed by atoms with van der Waals surface area (Å²) in [5, 5.41) is 2.11. The third-order valence-corrected chi connectivity index (χ3v) is 14.2. The van der Waals surface area contributed by atoms with E-state index in [2.05, 4.69) is 40.5 Å². The van der Waals surface area contributed by atoms with Crippen molar-refractivity contribution in [1.29, 1.82) is 0 Å². The van der Waals surface area contributed by atoms with Crippen molar-refractivity contribution in [2.24, 2.45) is 0 Å². The third kappa shape index (κ3) is 3.94. The van der Waals surface area contributed by atoms with Crippen LogP contribution in [0.4, 0.5) is 0 Å². The molecule has 0 radical (unpaired) electrons. The Labute approximate surface area is 169 Å². The van der Waals surface area contributed by atoms with Crippen LogP contribution >= 0.6 is 116 Å². The smallest absolute Gasteiger partial charge is 0.252 e. The lowest BCUT2D eigenvalue weighted by Gasteiger charge is -1.94. The van der Waals surface area contributed by atoms with Gasteiger partial charge in [0.25, 0.3) is 4.74 Å². The molecule has 1 aromatic heterocycles. The van der Waals surface area contributed by atoms with Gasteiger partial charge in [-0.3, -0.25) is 4.79 Å². The molecule has 1 aromatic rings. The molecule has 112 valence electrons. The molecule has 0 saturated heterocycles. The first kappa shape index (κ1) is 17.7. The van der Waals surface area contributed by atoms with Crippen LogP contribution in [0.1, 0.15) is 0 Å². The van der Waals surface area contributed by atoms with Crippen LogP contribution in [0.2, 0.25) is 0 Å². The summed E-state index contributed by atoms with van der Waals surface area (Å²) in [5.41, 5.74) is 0. The topological polar surface area (TPSA) is 17.1 Å². The Morgan fingerprint density at radius 3 is 2.19 bits per heavy atom. The first-order valence-corrected chi connectivity index (χ1v) is 13.9. The van der Waals surface area contributed by atoms with Crippen LogP contribution < -0.4 is 13.1 Å². The molecule has 0 amide bonds. The van der Waals surface area contributed by atoms with Crippen LogP contribution in [-0.4, -0.2) is 12.5 Å². The Bertz CT molecular complexity index is 796. The summed E-state index contributed by atoms with van der Waals surface area (Å²) in [6, 6.07) is 0. The zero-order valence-corrected chi connectivity index (χ0v) is 19.3. The summed E-state index contributed by atoms with van der Waals surface area (Å²) >= 11 is 15.9. The van der Waals surface area contributed by atoms with Crippen molar-refractivity contribution in [3.63, 3.8) is 0 Å². The zero-order valence-electron chi connectivity index (χ0n) is 10.6. The Morgan fingerprint density at radius 1 is 1.00 bits per heavy atom. The van der Waals surface area contributed by atoms with Gasteiger partial charge in [0.15, 0.2) is 0 Å². The third-order valence-electron chi connectivity index (χ3n) is 2.27. The predicted octanol–water partition coefficient (Wildman–Crippen LogP) is 5.35. The van der Waals surface area contributed by atoms with Crippen molar-refractivity contribution in [2.45, 2.75) is 0 Å². The van der Waals surface area contributed by atoms with Crippen LogP contribution in [0, 0.1) is 0 Å². The molecule has 10 heteroatoms. The second kappa shape index (κ2) is 7.85. The summed E-state index contributed by atoms with van der Waals surface area (Å²) in [6.07, 6.45) is 4.22. The Kier molecular flexibility index (Phi) is 6.63. The maximum atomic E-state index is 12.3. The van der Waals surface area contributed by atoms with Crippen LogP contribution in [0.25, 0.3) is 8.47 Å². The fraction of sp³-hybridized carbons (Fsp3) is 0.182. The maximum absolute atomic E-state index is 12.3. The molecule has 0 aromatic carbocycles. The van der Waals surface area contributed by atoms with Crippen LogP contribution in [0.15, 0.2) is 21.6 Å². The molecule has 0 spiro atoms. The highest BCUT2D eigenvalue weighted by Crippen LogP contribution is 2.56. The molecule has 2 aliphatic rings. The van der Waals surface area contributed by atoms with Gasteiger partial charge in [-0.15, -0.1) is 34.9 Å². The van der Waals surface area contributed by atoms with Crippen LogP contribution in [0.5, 0.6) is 0 Å². The number of rotatable bonds is 2. The van der Waals surface area contributed by atoms with Gasteiger partial charge in [0.2, 0.25) is 0 Å². The van der Waals surface area contributed by atoms with E-state index < -0.39 is 0 Å². The lowest BCUT2D eigenvalue weighted by molar-refractivity contribution is 1.86. The van der Waals surface area contributed by atoms with Crippen LogP contribution in [-0.2, 0) is 0 Å². The summed E-state index contributed by atoms with van der Waals surface area (Å²) in [7, 11) is 0. The molecule has 2 aliphatic heterocycles. The number of hydrogen-bond acceptors (Lipinski definition) is 9. The second-order valence-electron chi connectivity index (χ2n) is 3.51. The lowest BCUT2D eigenvalue weighted by atomic mass is 10.9. The van der Waals surface area contributed by atoms with E-state index in [9.17, 15) is 4.79 Å². The Morgan fingerprint density at radius 2 is 1.67 bits per heavy atom. The monoisotopic (exact) mass is 538 g/mol. The van der Waals surface area contributed by atoms with Gasteiger partial charge in [0, 0.05) is 0 Å². The highest BCUT2D eigenvalue weighted by molar-refractivity contribution is 14.1. The van der Waals surface area contributed by atoms with Gasteiger partial charge in [0.05, 0.1) is 19.9 Å². The molecule has 1 nitrogen and oxygen atoms in total. The predicted molar refractivity (Wildman–Crippen MR) is 121 cm³/mol. The average molecular weight is 539 g/mol. The average Bonchev–Trinajstić information content (AvgIpc) is 3.16. The molecule has 3 heterocycles. The van der Waals surface area contributed by atoms with E-state index in [1.54, 1.807) is 58.4 Å². The standard InChI is InChI=1S/C11H7IOS8/c1-14-8-9(15-2)21-11(20-8)10-18-5(6(13)19-10)7-16-3-4(12)17-7/h3H,1-2H3/b7-5+. The minimum atomic E-state index is 0.196. The molecule has 0 fully saturated rings.